The molecule has 0 fully saturated rings. The molecule has 1 aromatic rings. The van der Waals surface area contributed by atoms with E-state index in [0.717, 1.165) is 0 Å². The van der Waals surface area contributed by atoms with Crippen LogP contribution in [0.25, 0.3) is 0 Å². The van der Waals surface area contributed by atoms with Gasteiger partial charge in [0.25, 0.3) is 0 Å². The summed E-state index contributed by atoms with van der Waals surface area (Å²) in [5.74, 6) is 2.43. The molecular weight excluding hydrogens is 224 g/mol. The number of nitrogens with one attached hydrogen (secondary N) is 1. The number of nitrogens with zero attached hydrogens (tertiary/aromatic N) is 3. The first-order valence-electron chi connectivity index (χ1n) is 4.83. The summed E-state index contributed by atoms with van der Waals surface area (Å²) in [7, 11) is 1.61. The Morgan fingerprint density at radius 3 is 2.71 bits per heavy atom. The lowest BCUT2D eigenvalue weighted by atomic mass is 10.3. The molecule has 17 heavy (non-hydrogen) atoms. The van der Waals surface area contributed by atoms with Crippen molar-refractivity contribution in [2.45, 2.75) is 20.0 Å². The fourth-order valence-electron chi connectivity index (χ4n) is 1.15. The molecule has 0 aliphatic rings. The van der Waals surface area contributed by atoms with Crippen LogP contribution in [0.4, 0.5) is 11.6 Å². The second-order valence-electron chi connectivity index (χ2n) is 3.22. The van der Waals surface area contributed by atoms with E-state index in [2.05, 4.69) is 21.2 Å². The molecule has 1 atom stereocenters. The number of hydrogen-bond acceptors (Lipinski definition) is 6. The summed E-state index contributed by atoms with van der Waals surface area (Å²) in [4.78, 5) is 18.1. The first kappa shape index (κ1) is 12.7. The molecule has 7 nitrogen and oxygen atoms in total. The smallest absolute Gasteiger partial charge is 0.352 e. The monoisotopic (exact) mass is 236 g/mol. The Morgan fingerprint density at radius 1 is 1.59 bits per heavy atom. The Kier molecular flexibility index (Phi) is 3.82. The lowest BCUT2D eigenvalue weighted by Crippen LogP contribution is -2.13. The molecule has 1 unspecified atom stereocenters. The van der Waals surface area contributed by atoms with Crippen LogP contribution in [-0.4, -0.2) is 28.0 Å². The lowest BCUT2D eigenvalue weighted by molar-refractivity contribution is -0.387. The van der Waals surface area contributed by atoms with Crippen molar-refractivity contribution in [3.05, 3.63) is 15.8 Å². The summed E-state index contributed by atoms with van der Waals surface area (Å²) < 4.78 is 5.21. The topological polar surface area (TPSA) is 90.2 Å². The van der Waals surface area contributed by atoms with Crippen LogP contribution in [0.3, 0.4) is 0 Å². The number of aromatic nitrogens is 2. The van der Waals surface area contributed by atoms with Crippen LogP contribution >= 0.6 is 0 Å². The van der Waals surface area contributed by atoms with Gasteiger partial charge in [0, 0.05) is 7.05 Å². The summed E-state index contributed by atoms with van der Waals surface area (Å²) in [6, 6.07) is 0. The number of terminal acetylenes is 1. The van der Waals surface area contributed by atoms with Crippen molar-refractivity contribution < 1.29 is 9.66 Å². The number of aryl methyl sites for hydroxylation is 1. The number of ether oxygens (including phenoxy) is 1. The van der Waals surface area contributed by atoms with Crippen molar-refractivity contribution in [3.63, 3.8) is 0 Å². The first-order chi connectivity index (χ1) is 7.99. The van der Waals surface area contributed by atoms with Gasteiger partial charge in [0.05, 0.1) is 4.92 Å². The molecule has 0 spiro atoms. The Labute approximate surface area is 98.4 Å². The summed E-state index contributed by atoms with van der Waals surface area (Å²) in [5, 5.41) is 13.6. The van der Waals surface area contributed by atoms with Crippen LogP contribution in [0.5, 0.6) is 5.88 Å². The maximum atomic E-state index is 10.9. The Hall–Kier alpha value is -2.36. The zero-order valence-corrected chi connectivity index (χ0v) is 9.72. The van der Waals surface area contributed by atoms with E-state index < -0.39 is 11.0 Å². The van der Waals surface area contributed by atoms with Gasteiger partial charge in [0.15, 0.2) is 6.10 Å². The van der Waals surface area contributed by atoms with Crippen molar-refractivity contribution >= 4 is 11.6 Å². The van der Waals surface area contributed by atoms with Gasteiger partial charge in [-0.05, 0) is 13.8 Å². The van der Waals surface area contributed by atoms with Crippen LogP contribution in [0, 0.1) is 29.4 Å². The second-order valence-corrected chi connectivity index (χ2v) is 3.22. The molecule has 0 amide bonds. The Bertz CT molecular complexity index is 481. The molecule has 90 valence electrons. The molecular formula is C10H12N4O3. The molecule has 7 heteroatoms. The molecule has 0 aliphatic heterocycles. The van der Waals surface area contributed by atoms with Crippen molar-refractivity contribution in [1.29, 1.82) is 0 Å². The van der Waals surface area contributed by atoms with Crippen LogP contribution in [0.15, 0.2) is 0 Å². The summed E-state index contributed by atoms with van der Waals surface area (Å²) >= 11 is 0. The van der Waals surface area contributed by atoms with E-state index in [1.807, 2.05) is 0 Å². The molecule has 0 bridgehead atoms. The summed E-state index contributed by atoms with van der Waals surface area (Å²) in [6.07, 6.45) is 4.55. The molecule has 1 heterocycles. The third-order valence-electron chi connectivity index (χ3n) is 1.96. The SMILES string of the molecule is C#CC(C)Oc1nc(NC)nc(C)c1[N+](=O)[O-]. The van der Waals surface area contributed by atoms with E-state index in [0.29, 0.717) is 0 Å². The molecule has 0 aliphatic carbocycles. The molecule has 1 N–H and O–H groups in total. The number of anilines is 1. The second kappa shape index (κ2) is 5.12. The standard InChI is InChI=1S/C10H12N4O3/c1-5-6(2)17-9-8(14(15)16)7(3)12-10(11-4)13-9/h1,6H,2-4H3,(H,11,12,13). The average molecular weight is 236 g/mol. The van der Waals surface area contributed by atoms with Crippen LogP contribution in [-0.2, 0) is 0 Å². The van der Waals surface area contributed by atoms with E-state index in [-0.39, 0.29) is 23.2 Å². The predicted molar refractivity (Wildman–Crippen MR) is 61.9 cm³/mol. The predicted octanol–water partition coefficient (Wildman–Crippen LogP) is 1.14. The van der Waals surface area contributed by atoms with Crippen molar-refractivity contribution in [2.24, 2.45) is 0 Å². The quantitative estimate of drug-likeness (QED) is 0.479. The zero-order chi connectivity index (χ0) is 13.0. The van der Waals surface area contributed by atoms with E-state index in [4.69, 9.17) is 11.2 Å². The summed E-state index contributed by atoms with van der Waals surface area (Å²) in [6.45, 7) is 3.11. The maximum absolute atomic E-state index is 10.9. The normalized spacial score (nSPS) is 11.4. The van der Waals surface area contributed by atoms with Gasteiger partial charge < -0.3 is 10.1 Å². The van der Waals surface area contributed by atoms with Gasteiger partial charge in [0.2, 0.25) is 5.95 Å². The largest absolute Gasteiger partial charge is 0.456 e. The molecule has 1 aromatic heterocycles. The lowest BCUT2D eigenvalue weighted by Gasteiger charge is -2.10. The van der Waals surface area contributed by atoms with Gasteiger partial charge >= 0.3 is 11.6 Å². The van der Waals surface area contributed by atoms with Crippen molar-refractivity contribution in [2.75, 3.05) is 12.4 Å². The highest BCUT2D eigenvalue weighted by Crippen LogP contribution is 2.29. The molecule has 0 saturated carbocycles. The molecule has 0 aromatic carbocycles. The van der Waals surface area contributed by atoms with Gasteiger partial charge in [-0.2, -0.15) is 4.98 Å². The van der Waals surface area contributed by atoms with E-state index in [9.17, 15) is 10.1 Å². The van der Waals surface area contributed by atoms with Gasteiger partial charge in [-0.15, -0.1) is 6.42 Å². The fraction of sp³-hybridized carbons (Fsp3) is 0.400. The van der Waals surface area contributed by atoms with Gasteiger partial charge in [0.1, 0.15) is 5.69 Å². The van der Waals surface area contributed by atoms with Crippen molar-refractivity contribution in [1.82, 2.24) is 9.97 Å². The average Bonchev–Trinajstić information content (AvgIpc) is 2.27. The first-order valence-corrected chi connectivity index (χ1v) is 4.83. The van der Waals surface area contributed by atoms with Crippen molar-refractivity contribution in [3.8, 4) is 18.2 Å². The minimum Gasteiger partial charge on any atom is -0.456 e. The molecule has 1 rings (SSSR count). The third-order valence-corrected chi connectivity index (χ3v) is 1.96. The van der Waals surface area contributed by atoms with Crippen LogP contribution in [0.1, 0.15) is 12.6 Å². The maximum Gasteiger partial charge on any atom is 0.352 e. The highest BCUT2D eigenvalue weighted by molar-refractivity contribution is 5.48. The number of nitro groups is 1. The van der Waals surface area contributed by atoms with Crippen LogP contribution < -0.4 is 10.1 Å². The minimum atomic E-state index is -0.604. The Morgan fingerprint density at radius 2 is 2.24 bits per heavy atom. The van der Waals surface area contributed by atoms with E-state index in [1.165, 1.54) is 6.92 Å². The highest BCUT2D eigenvalue weighted by Gasteiger charge is 2.24. The zero-order valence-electron chi connectivity index (χ0n) is 9.72. The summed E-state index contributed by atoms with van der Waals surface area (Å²) in [5.41, 5.74) is -0.0559. The number of rotatable bonds is 4. The number of hydrogen-bond donors (Lipinski definition) is 1. The van der Waals surface area contributed by atoms with Crippen LogP contribution in [0.2, 0.25) is 0 Å². The highest BCUT2D eigenvalue weighted by atomic mass is 16.6. The van der Waals surface area contributed by atoms with Gasteiger partial charge in [-0.3, -0.25) is 10.1 Å². The van der Waals surface area contributed by atoms with Gasteiger partial charge in [-0.1, -0.05) is 5.92 Å². The van der Waals surface area contributed by atoms with E-state index >= 15 is 0 Å². The third kappa shape index (κ3) is 2.81. The fourth-order valence-corrected chi connectivity index (χ4v) is 1.15. The molecule has 0 radical (unpaired) electrons. The van der Waals surface area contributed by atoms with Gasteiger partial charge in [-0.25, -0.2) is 4.98 Å². The Balaban J connectivity index is 3.28. The molecule has 0 saturated heterocycles. The van der Waals surface area contributed by atoms with E-state index in [1.54, 1.807) is 14.0 Å². The minimum absolute atomic E-state index is 0.127.